The molecule has 3 rings (SSSR count). The van der Waals surface area contributed by atoms with E-state index in [0.717, 1.165) is 29.3 Å². The first-order valence-electron chi connectivity index (χ1n) is 10.8. The number of halogens is 1. The number of hydrogen-bond acceptors (Lipinski definition) is 5. The summed E-state index contributed by atoms with van der Waals surface area (Å²) in [6.45, 7) is 6.83. The maximum Gasteiger partial charge on any atom is 0.412 e. The normalized spacial score (nSPS) is 11.4. The van der Waals surface area contributed by atoms with Crippen LogP contribution in [0.5, 0.6) is 0 Å². The number of guanidine groups is 1. The Balaban J connectivity index is 0.00000408. The SMILES string of the molecule is CN=C(NCCc1ccc(NC(=O)OC(C)(C)C)cc1)NCc1ccnc(-n2cccn2)c1.I. The summed E-state index contributed by atoms with van der Waals surface area (Å²) in [5.74, 6) is 1.49. The van der Waals surface area contributed by atoms with Crippen LogP contribution >= 0.6 is 24.0 Å². The molecule has 0 atom stereocenters. The number of ether oxygens (including phenoxy) is 1. The van der Waals surface area contributed by atoms with E-state index in [-0.39, 0.29) is 24.0 Å². The largest absolute Gasteiger partial charge is 0.444 e. The minimum absolute atomic E-state index is 0. The van der Waals surface area contributed by atoms with Crippen LogP contribution in [-0.4, -0.2) is 46.0 Å². The summed E-state index contributed by atoms with van der Waals surface area (Å²) in [5.41, 5.74) is 2.39. The van der Waals surface area contributed by atoms with E-state index in [2.05, 4.69) is 31.0 Å². The molecule has 34 heavy (non-hydrogen) atoms. The molecule has 0 aliphatic carbocycles. The first-order chi connectivity index (χ1) is 15.8. The summed E-state index contributed by atoms with van der Waals surface area (Å²) in [6, 6.07) is 13.5. The monoisotopic (exact) mass is 577 g/mol. The van der Waals surface area contributed by atoms with Crippen LogP contribution in [0.4, 0.5) is 10.5 Å². The lowest BCUT2D eigenvalue weighted by molar-refractivity contribution is 0.0636. The molecule has 0 radical (unpaired) electrons. The number of anilines is 1. The fourth-order valence-electron chi connectivity index (χ4n) is 3.01. The van der Waals surface area contributed by atoms with Gasteiger partial charge in [-0.05, 0) is 68.7 Å². The first-order valence-corrected chi connectivity index (χ1v) is 10.8. The van der Waals surface area contributed by atoms with Gasteiger partial charge in [0.1, 0.15) is 5.60 Å². The van der Waals surface area contributed by atoms with Gasteiger partial charge < -0.3 is 15.4 Å². The van der Waals surface area contributed by atoms with Gasteiger partial charge in [-0.15, -0.1) is 24.0 Å². The molecule has 1 aromatic carbocycles. The van der Waals surface area contributed by atoms with Crippen molar-refractivity contribution in [1.82, 2.24) is 25.4 Å². The fraction of sp³-hybridized carbons (Fsp3) is 0.333. The van der Waals surface area contributed by atoms with Crippen LogP contribution in [0.1, 0.15) is 31.9 Å². The van der Waals surface area contributed by atoms with Crippen molar-refractivity contribution >= 4 is 41.7 Å². The summed E-state index contributed by atoms with van der Waals surface area (Å²) in [7, 11) is 1.74. The Labute approximate surface area is 217 Å². The molecule has 3 N–H and O–H groups in total. The fourth-order valence-corrected chi connectivity index (χ4v) is 3.01. The van der Waals surface area contributed by atoms with Gasteiger partial charge in [0.25, 0.3) is 0 Å². The standard InChI is InChI=1S/C24H31N7O2.HI/c1-24(2,3)33-23(32)30-20-8-6-18(7-9-20)10-14-27-22(25-4)28-17-19-11-13-26-21(16-19)31-15-5-12-29-31;/h5-9,11-13,15-16H,10,14,17H2,1-4H3,(H,30,32)(H2,25,27,28);1H. The van der Waals surface area contributed by atoms with Gasteiger partial charge in [-0.2, -0.15) is 5.10 Å². The van der Waals surface area contributed by atoms with Crippen LogP contribution in [0.25, 0.3) is 5.82 Å². The van der Waals surface area contributed by atoms with Gasteiger partial charge in [-0.3, -0.25) is 10.3 Å². The minimum Gasteiger partial charge on any atom is -0.444 e. The minimum atomic E-state index is -0.526. The van der Waals surface area contributed by atoms with E-state index in [0.29, 0.717) is 18.8 Å². The average Bonchev–Trinajstić information content (AvgIpc) is 3.31. The number of rotatable bonds is 7. The topological polar surface area (TPSA) is 105 Å². The molecule has 10 heteroatoms. The van der Waals surface area contributed by atoms with Gasteiger partial charge in [-0.1, -0.05) is 12.1 Å². The Morgan fingerprint density at radius 1 is 1.09 bits per heavy atom. The summed E-state index contributed by atoms with van der Waals surface area (Å²) in [4.78, 5) is 20.5. The smallest absolute Gasteiger partial charge is 0.412 e. The van der Waals surface area contributed by atoms with Gasteiger partial charge >= 0.3 is 6.09 Å². The Morgan fingerprint density at radius 3 is 2.50 bits per heavy atom. The highest BCUT2D eigenvalue weighted by molar-refractivity contribution is 14.0. The predicted molar refractivity (Wildman–Crippen MR) is 145 cm³/mol. The van der Waals surface area contributed by atoms with Crippen LogP contribution in [0.2, 0.25) is 0 Å². The number of carbonyl (C=O) groups excluding carboxylic acids is 1. The van der Waals surface area contributed by atoms with Crippen LogP contribution in [0, 0.1) is 0 Å². The number of nitrogens with zero attached hydrogens (tertiary/aromatic N) is 4. The highest BCUT2D eigenvalue weighted by atomic mass is 127. The molecule has 1 amide bonds. The van der Waals surface area contributed by atoms with E-state index < -0.39 is 11.7 Å². The molecule has 2 heterocycles. The maximum absolute atomic E-state index is 11.9. The summed E-state index contributed by atoms with van der Waals surface area (Å²) in [6.07, 6.45) is 5.71. The number of hydrogen-bond donors (Lipinski definition) is 3. The third-order valence-electron chi connectivity index (χ3n) is 4.54. The van der Waals surface area contributed by atoms with Crippen LogP contribution in [0.15, 0.2) is 66.0 Å². The van der Waals surface area contributed by atoms with Crippen LogP contribution in [0.3, 0.4) is 0 Å². The molecule has 3 aromatic rings. The lowest BCUT2D eigenvalue weighted by Crippen LogP contribution is -2.37. The second-order valence-electron chi connectivity index (χ2n) is 8.40. The number of aliphatic imine (C=N–C) groups is 1. The highest BCUT2D eigenvalue weighted by Crippen LogP contribution is 2.13. The van der Waals surface area contributed by atoms with Crippen molar-refractivity contribution in [1.29, 1.82) is 0 Å². The van der Waals surface area contributed by atoms with E-state index >= 15 is 0 Å². The molecule has 0 spiro atoms. The molecule has 0 aliphatic rings. The van der Waals surface area contributed by atoms with Crippen molar-refractivity contribution in [3.05, 3.63) is 72.2 Å². The van der Waals surface area contributed by atoms with Gasteiger partial charge in [-0.25, -0.2) is 14.5 Å². The van der Waals surface area contributed by atoms with Crippen molar-refractivity contribution in [2.45, 2.75) is 39.3 Å². The van der Waals surface area contributed by atoms with E-state index in [4.69, 9.17) is 4.74 Å². The number of pyridine rings is 1. The van der Waals surface area contributed by atoms with Crippen molar-refractivity contribution in [3.8, 4) is 5.82 Å². The quantitative estimate of drug-likeness (QED) is 0.222. The molecule has 0 saturated heterocycles. The lowest BCUT2D eigenvalue weighted by atomic mass is 10.1. The lowest BCUT2D eigenvalue weighted by Gasteiger charge is -2.19. The van der Waals surface area contributed by atoms with Crippen molar-refractivity contribution in [3.63, 3.8) is 0 Å². The third-order valence-corrected chi connectivity index (χ3v) is 4.54. The second-order valence-corrected chi connectivity index (χ2v) is 8.40. The molecule has 182 valence electrons. The summed E-state index contributed by atoms with van der Waals surface area (Å²) in [5, 5.41) is 13.6. The molecule has 0 saturated carbocycles. The van der Waals surface area contributed by atoms with Gasteiger partial charge in [0.15, 0.2) is 11.8 Å². The zero-order valence-electron chi connectivity index (χ0n) is 19.9. The van der Waals surface area contributed by atoms with Gasteiger partial charge in [0, 0.05) is 44.4 Å². The number of carbonyl (C=O) groups is 1. The zero-order chi connectivity index (χ0) is 23.7. The average molecular weight is 577 g/mol. The predicted octanol–water partition coefficient (Wildman–Crippen LogP) is 4.14. The van der Waals surface area contributed by atoms with E-state index in [1.54, 1.807) is 24.1 Å². The molecule has 0 fully saturated rings. The molecular weight excluding hydrogens is 545 g/mol. The Kier molecular flexibility index (Phi) is 10.3. The third kappa shape index (κ3) is 9.00. The zero-order valence-corrected chi connectivity index (χ0v) is 22.2. The highest BCUT2D eigenvalue weighted by Gasteiger charge is 2.16. The van der Waals surface area contributed by atoms with Crippen LogP contribution in [-0.2, 0) is 17.7 Å². The number of amides is 1. The molecule has 2 aromatic heterocycles. The number of nitrogens with one attached hydrogen (secondary N) is 3. The number of aromatic nitrogens is 3. The van der Waals surface area contributed by atoms with Crippen LogP contribution < -0.4 is 16.0 Å². The van der Waals surface area contributed by atoms with Crippen molar-refractivity contribution in [2.75, 3.05) is 18.9 Å². The van der Waals surface area contributed by atoms with Crippen molar-refractivity contribution < 1.29 is 9.53 Å². The summed E-state index contributed by atoms with van der Waals surface area (Å²) >= 11 is 0. The molecule has 0 bridgehead atoms. The Bertz CT molecular complexity index is 1060. The summed E-state index contributed by atoms with van der Waals surface area (Å²) < 4.78 is 6.99. The Hall–Kier alpha value is -3.15. The Morgan fingerprint density at radius 2 is 1.85 bits per heavy atom. The molecular formula is C24H32IN7O2. The number of benzene rings is 1. The molecule has 0 unspecified atom stereocenters. The van der Waals surface area contributed by atoms with E-state index in [1.807, 2.05) is 69.4 Å². The second kappa shape index (κ2) is 12.9. The van der Waals surface area contributed by atoms with Gasteiger partial charge in [0.05, 0.1) is 0 Å². The maximum atomic E-state index is 11.9. The van der Waals surface area contributed by atoms with E-state index in [1.165, 1.54) is 0 Å². The molecule has 0 aliphatic heterocycles. The first kappa shape index (κ1) is 27.1. The van der Waals surface area contributed by atoms with E-state index in [9.17, 15) is 4.79 Å². The molecule has 9 nitrogen and oxygen atoms in total. The van der Waals surface area contributed by atoms with Gasteiger partial charge in [0.2, 0.25) is 0 Å². The van der Waals surface area contributed by atoms with Crippen molar-refractivity contribution in [2.24, 2.45) is 4.99 Å².